The molecule has 1 heteroatoms. The Morgan fingerprint density at radius 1 is 0.500 bits per heavy atom. The molecule has 5 aromatic rings. The fourth-order valence-electron chi connectivity index (χ4n) is 5.13. The number of hydrogen-bond acceptors (Lipinski definition) is 1. The minimum Gasteiger partial charge on any atom is -0.373 e. The highest BCUT2D eigenvalue weighted by Crippen LogP contribution is 2.47. The van der Waals surface area contributed by atoms with Crippen LogP contribution in [-0.2, 0) is 0 Å². The quantitative estimate of drug-likeness (QED) is 0.280. The standard InChI is InChI=1S/C35H29N/c1-24-13-17-27(18-14-24)30-21-22-31(28-19-15-25(2)16-20-28)35-33(30)23-32(26-9-5-3-6-10-26)34(36-35)29-11-7-4-8-12-29/h3-23,34,36H,1-2H3. The van der Waals surface area contributed by atoms with Gasteiger partial charge in [-0.25, -0.2) is 0 Å². The molecule has 5 aromatic carbocycles. The van der Waals surface area contributed by atoms with Gasteiger partial charge < -0.3 is 5.32 Å². The zero-order valence-corrected chi connectivity index (χ0v) is 20.7. The van der Waals surface area contributed by atoms with Crippen LogP contribution >= 0.6 is 0 Å². The van der Waals surface area contributed by atoms with Gasteiger partial charge in [0.2, 0.25) is 0 Å². The third-order valence-corrected chi connectivity index (χ3v) is 7.11. The number of rotatable bonds is 4. The lowest BCUT2D eigenvalue weighted by molar-refractivity contribution is 1.000. The van der Waals surface area contributed by atoms with Crippen molar-refractivity contribution in [2.45, 2.75) is 19.9 Å². The smallest absolute Gasteiger partial charge is 0.0773 e. The molecule has 0 fully saturated rings. The third kappa shape index (κ3) is 4.14. The lowest BCUT2D eigenvalue weighted by Gasteiger charge is -2.32. The molecule has 36 heavy (non-hydrogen) atoms. The normalized spacial score (nSPS) is 14.5. The van der Waals surface area contributed by atoms with Crippen LogP contribution in [0.2, 0.25) is 0 Å². The van der Waals surface area contributed by atoms with E-state index in [9.17, 15) is 0 Å². The Bertz CT molecular complexity index is 1530. The van der Waals surface area contributed by atoms with Crippen LogP contribution in [-0.4, -0.2) is 0 Å². The van der Waals surface area contributed by atoms with Crippen molar-refractivity contribution in [3.8, 4) is 22.3 Å². The minimum absolute atomic E-state index is 0.0542. The van der Waals surface area contributed by atoms with Crippen LogP contribution in [0.4, 0.5) is 5.69 Å². The fraction of sp³-hybridized carbons (Fsp3) is 0.0857. The second-order valence-corrected chi connectivity index (χ2v) is 9.64. The van der Waals surface area contributed by atoms with Gasteiger partial charge in [-0.2, -0.15) is 0 Å². The maximum atomic E-state index is 4.00. The number of benzene rings is 5. The van der Waals surface area contributed by atoms with E-state index < -0.39 is 0 Å². The Morgan fingerprint density at radius 3 is 1.64 bits per heavy atom. The van der Waals surface area contributed by atoms with Gasteiger partial charge in [0.15, 0.2) is 0 Å². The zero-order chi connectivity index (χ0) is 24.5. The first-order chi connectivity index (χ1) is 17.7. The van der Waals surface area contributed by atoms with Crippen molar-refractivity contribution in [1.29, 1.82) is 0 Å². The molecule has 0 aromatic heterocycles. The maximum absolute atomic E-state index is 4.00. The number of anilines is 1. The molecular weight excluding hydrogens is 434 g/mol. The first-order valence-corrected chi connectivity index (χ1v) is 12.6. The first kappa shape index (κ1) is 22.1. The van der Waals surface area contributed by atoms with Crippen molar-refractivity contribution in [3.05, 3.63) is 149 Å². The summed E-state index contributed by atoms with van der Waals surface area (Å²) in [5.74, 6) is 0. The number of aryl methyl sites for hydroxylation is 2. The van der Waals surface area contributed by atoms with E-state index >= 15 is 0 Å². The van der Waals surface area contributed by atoms with Gasteiger partial charge in [-0.3, -0.25) is 0 Å². The molecule has 1 atom stereocenters. The van der Waals surface area contributed by atoms with Gasteiger partial charge in [0.1, 0.15) is 0 Å². The van der Waals surface area contributed by atoms with Crippen LogP contribution in [0.25, 0.3) is 33.9 Å². The van der Waals surface area contributed by atoms with E-state index in [4.69, 9.17) is 0 Å². The second kappa shape index (κ2) is 9.36. The molecule has 174 valence electrons. The van der Waals surface area contributed by atoms with Gasteiger partial charge in [-0.1, -0.05) is 132 Å². The summed E-state index contributed by atoms with van der Waals surface area (Å²) in [6.45, 7) is 4.28. The van der Waals surface area contributed by atoms with E-state index in [-0.39, 0.29) is 6.04 Å². The molecule has 1 aliphatic rings. The summed E-state index contributed by atoms with van der Waals surface area (Å²) in [4.78, 5) is 0. The van der Waals surface area contributed by atoms with Gasteiger partial charge in [0.25, 0.3) is 0 Å². The van der Waals surface area contributed by atoms with Crippen LogP contribution in [0, 0.1) is 13.8 Å². The van der Waals surface area contributed by atoms with E-state index in [1.807, 2.05) is 0 Å². The fourth-order valence-corrected chi connectivity index (χ4v) is 5.13. The molecule has 1 unspecified atom stereocenters. The van der Waals surface area contributed by atoms with Crippen LogP contribution in [0.1, 0.15) is 33.9 Å². The summed E-state index contributed by atoms with van der Waals surface area (Å²) in [5, 5.41) is 4.00. The lowest BCUT2D eigenvalue weighted by atomic mass is 9.83. The largest absolute Gasteiger partial charge is 0.373 e. The van der Waals surface area contributed by atoms with Crippen LogP contribution in [0.15, 0.2) is 121 Å². The second-order valence-electron chi connectivity index (χ2n) is 9.64. The van der Waals surface area contributed by atoms with Crippen molar-refractivity contribution in [3.63, 3.8) is 0 Å². The molecule has 0 spiro atoms. The number of hydrogen-bond donors (Lipinski definition) is 1. The monoisotopic (exact) mass is 463 g/mol. The molecule has 0 saturated heterocycles. The first-order valence-electron chi connectivity index (χ1n) is 12.6. The molecule has 1 nitrogen and oxygen atoms in total. The van der Waals surface area contributed by atoms with E-state index in [1.54, 1.807) is 0 Å². The summed E-state index contributed by atoms with van der Waals surface area (Å²) in [6.07, 6.45) is 2.41. The Hall–Kier alpha value is -4.36. The summed E-state index contributed by atoms with van der Waals surface area (Å²) in [7, 11) is 0. The van der Waals surface area contributed by atoms with Crippen LogP contribution in [0.5, 0.6) is 0 Å². The van der Waals surface area contributed by atoms with Crippen molar-refractivity contribution in [2.75, 3.05) is 5.32 Å². The third-order valence-electron chi connectivity index (χ3n) is 7.11. The molecule has 1 aliphatic heterocycles. The predicted octanol–water partition coefficient (Wildman–Crippen LogP) is 9.34. The summed E-state index contributed by atoms with van der Waals surface area (Å²) in [6, 6.07) is 43.8. The number of fused-ring (bicyclic) bond motifs is 1. The van der Waals surface area contributed by atoms with Crippen molar-refractivity contribution in [2.24, 2.45) is 0 Å². The molecule has 0 saturated carbocycles. The van der Waals surface area contributed by atoms with Crippen molar-refractivity contribution >= 4 is 17.3 Å². The van der Waals surface area contributed by atoms with Gasteiger partial charge in [0, 0.05) is 11.1 Å². The van der Waals surface area contributed by atoms with Crippen molar-refractivity contribution < 1.29 is 0 Å². The average Bonchev–Trinajstić information content (AvgIpc) is 2.94. The summed E-state index contributed by atoms with van der Waals surface area (Å²) < 4.78 is 0. The predicted molar refractivity (Wildman–Crippen MR) is 154 cm³/mol. The van der Waals surface area contributed by atoms with Crippen LogP contribution < -0.4 is 5.32 Å². The molecule has 0 radical (unpaired) electrons. The molecule has 0 aliphatic carbocycles. The molecule has 0 bridgehead atoms. The SMILES string of the molecule is Cc1ccc(-c2ccc(-c3ccc(C)cc3)c3c2C=C(c2ccccc2)C(c2ccccc2)N3)cc1. The Morgan fingerprint density at radius 2 is 1.03 bits per heavy atom. The molecule has 0 amide bonds. The maximum Gasteiger partial charge on any atom is 0.0773 e. The van der Waals surface area contributed by atoms with Gasteiger partial charge in [-0.05, 0) is 53.3 Å². The Balaban J connectivity index is 1.62. The highest BCUT2D eigenvalue weighted by Gasteiger charge is 2.27. The van der Waals surface area contributed by atoms with Gasteiger partial charge >= 0.3 is 0 Å². The Kier molecular flexibility index (Phi) is 5.75. The average molecular weight is 464 g/mol. The molecular formula is C35H29N. The molecule has 1 heterocycles. The molecule has 6 rings (SSSR count). The number of nitrogens with one attached hydrogen (secondary N) is 1. The highest BCUT2D eigenvalue weighted by molar-refractivity contribution is 6.02. The van der Waals surface area contributed by atoms with E-state index in [0.29, 0.717) is 0 Å². The van der Waals surface area contributed by atoms with Crippen molar-refractivity contribution in [1.82, 2.24) is 0 Å². The summed E-state index contributed by atoms with van der Waals surface area (Å²) in [5.41, 5.74) is 13.7. The topological polar surface area (TPSA) is 12.0 Å². The van der Waals surface area contributed by atoms with E-state index in [0.717, 1.165) is 0 Å². The summed E-state index contributed by atoms with van der Waals surface area (Å²) >= 11 is 0. The lowest BCUT2D eigenvalue weighted by Crippen LogP contribution is -2.18. The molecule has 1 N–H and O–H groups in total. The highest BCUT2D eigenvalue weighted by atomic mass is 14.9. The minimum atomic E-state index is 0.0542. The van der Waals surface area contributed by atoms with Gasteiger partial charge in [-0.15, -0.1) is 0 Å². The zero-order valence-electron chi connectivity index (χ0n) is 20.7. The van der Waals surface area contributed by atoms with E-state index in [2.05, 4.69) is 147 Å². The Labute approximate surface area is 213 Å². The van der Waals surface area contributed by atoms with E-state index in [1.165, 1.54) is 61.3 Å². The van der Waals surface area contributed by atoms with Crippen LogP contribution in [0.3, 0.4) is 0 Å². The van der Waals surface area contributed by atoms with Gasteiger partial charge in [0.05, 0.1) is 11.7 Å².